The van der Waals surface area contributed by atoms with Crippen LogP contribution in [0.25, 0.3) is 12.2 Å². The van der Waals surface area contributed by atoms with Gasteiger partial charge in [0.15, 0.2) is 0 Å². The van der Waals surface area contributed by atoms with Crippen LogP contribution in [0.2, 0.25) is 0 Å². The highest BCUT2D eigenvalue weighted by Crippen LogP contribution is 2.27. The zero-order valence-corrected chi connectivity index (χ0v) is 11.2. The smallest absolute Gasteiger partial charge is 0.0639 e. The SMILES string of the molecule is C=Cc1c(/C=C\C)[nH]c2c1CCN(CC(C)O)C2. The molecule has 0 saturated heterocycles. The molecule has 0 aromatic carbocycles. The third kappa shape index (κ3) is 2.57. The summed E-state index contributed by atoms with van der Waals surface area (Å²) in [6, 6.07) is 0. The first kappa shape index (κ1) is 13.1. The van der Waals surface area contributed by atoms with Crippen molar-refractivity contribution in [2.24, 2.45) is 0 Å². The number of nitrogens with zero attached hydrogens (tertiary/aromatic N) is 1. The Morgan fingerprint density at radius 3 is 2.94 bits per heavy atom. The van der Waals surface area contributed by atoms with Crippen LogP contribution in [-0.4, -0.2) is 34.2 Å². The van der Waals surface area contributed by atoms with Gasteiger partial charge >= 0.3 is 0 Å². The van der Waals surface area contributed by atoms with Crippen molar-refractivity contribution in [2.45, 2.75) is 32.9 Å². The van der Waals surface area contributed by atoms with Crippen molar-refractivity contribution in [3.05, 3.63) is 35.2 Å². The van der Waals surface area contributed by atoms with Gasteiger partial charge in [0.25, 0.3) is 0 Å². The molecule has 1 aromatic rings. The van der Waals surface area contributed by atoms with E-state index in [-0.39, 0.29) is 6.10 Å². The second-order valence-corrected chi connectivity index (χ2v) is 4.95. The van der Waals surface area contributed by atoms with Crippen molar-refractivity contribution in [3.8, 4) is 0 Å². The van der Waals surface area contributed by atoms with Crippen LogP contribution in [0.15, 0.2) is 12.7 Å². The lowest BCUT2D eigenvalue weighted by atomic mass is 10.0. The summed E-state index contributed by atoms with van der Waals surface area (Å²) in [5.74, 6) is 0. The van der Waals surface area contributed by atoms with Crippen LogP contribution in [0, 0.1) is 0 Å². The molecule has 2 heterocycles. The Balaban J connectivity index is 2.25. The molecule has 0 bridgehead atoms. The molecule has 1 unspecified atom stereocenters. The van der Waals surface area contributed by atoms with Gasteiger partial charge in [-0.25, -0.2) is 0 Å². The highest BCUT2D eigenvalue weighted by Gasteiger charge is 2.22. The van der Waals surface area contributed by atoms with E-state index in [0.29, 0.717) is 0 Å². The van der Waals surface area contributed by atoms with Gasteiger partial charge in [-0.15, -0.1) is 0 Å². The van der Waals surface area contributed by atoms with Gasteiger partial charge in [0.1, 0.15) is 0 Å². The summed E-state index contributed by atoms with van der Waals surface area (Å²) in [6.07, 6.45) is 6.83. The van der Waals surface area contributed by atoms with Gasteiger partial charge < -0.3 is 10.1 Å². The summed E-state index contributed by atoms with van der Waals surface area (Å²) in [7, 11) is 0. The molecule has 98 valence electrons. The minimum absolute atomic E-state index is 0.268. The number of fused-ring (bicyclic) bond motifs is 1. The third-order valence-electron chi connectivity index (χ3n) is 3.38. The molecule has 0 amide bonds. The van der Waals surface area contributed by atoms with E-state index in [1.54, 1.807) is 0 Å². The zero-order chi connectivity index (χ0) is 13.1. The van der Waals surface area contributed by atoms with E-state index in [1.807, 2.05) is 26.0 Å². The fourth-order valence-electron chi connectivity index (χ4n) is 2.68. The number of allylic oxidation sites excluding steroid dienone is 1. The number of rotatable bonds is 4. The first-order valence-electron chi connectivity index (χ1n) is 6.55. The molecule has 1 aliphatic rings. The van der Waals surface area contributed by atoms with Crippen molar-refractivity contribution >= 4 is 12.2 Å². The second kappa shape index (κ2) is 5.55. The number of nitrogens with one attached hydrogen (secondary N) is 1. The number of aliphatic hydroxyl groups excluding tert-OH is 1. The van der Waals surface area contributed by atoms with Gasteiger partial charge in [-0.3, -0.25) is 4.90 Å². The molecule has 0 spiro atoms. The molecule has 0 saturated carbocycles. The largest absolute Gasteiger partial charge is 0.392 e. The number of hydrogen-bond donors (Lipinski definition) is 2. The van der Waals surface area contributed by atoms with E-state index in [1.165, 1.54) is 16.8 Å². The predicted octanol–water partition coefficient (Wildman–Crippen LogP) is 2.43. The molecule has 0 aliphatic carbocycles. The fraction of sp³-hybridized carbons (Fsp3) is 0.467. The molecule has 0 fully saturated rings. The molecule has 18 heavy (non-hydrogen) atoms. The summed E-state index contributed by atoms with van der Waals surface area (Å²) in [6.45, 7) is 10.4. The van der Waals surface area contributed by atoms with Gasteiger partial charge in [-0.2, -0.15) is 0 Å². The average Bonchev–Trinajstić information content (AvgIpc) is 2.65. The van der Waals surface area contributed by atoms with Crippen LogP contribution in [0.4, 0.5) is 0 Å². The van der Waals surface area contributed by atoms with Crippen molar-refractivity contribution < 1.29 is 5.11 Å². The Kier molecular flexibility index (Phi) is 4.04. The van der Waals surface area contributed by atoms with Crippen molar-refractivity contribution in [3.63, 3.8) is 0 Å². The minimum Gasteiger partial charge on any atom is -0.392 e. The van der Waals surface area contributed by atoms with Crippen LogP contribution in [0.3, 0.4) is 0 Å². The first-order chi connectivity index (χ1) is 8.65. The second-order valence-electron chi connectivity index (χ2n) is 4.95. The lowest BCUT2D eigenvalue weighted by Gasteiger charge is -2.28. The van der Waals surface area contributed by atoms with Gasteiger partial charge in [-0.1, -0.05) is 18.7 Å². The first-order valence-corrected chi connectivity index (χ1v) is 6.55. The van der Waals surface area contributed by atoms with Gasteiger partial charge in [0.05, 0.1) is 6.10 Å². The zero-order valence-electron chi connectivity index (χ0n) is 11.2. The summed E-state index contributed by atoms with van der Waals surface area (Å²) in [5, 5.41) is 9.46. The van der Waals surface area contributed by atoms with Gasteiger partial charge in [0.2, 0.25) is 0 Å². The Bertz CT molecular complexity index is 457. The Morgan fingerprint density at radius 2 is 2.33 bits per heavy atom. The Morgan fingerprint density at radius 1 is 1.56 bits per heavy atom. The van der Waals surface area contributed by atoms with Crippen molar-refractivity contribution in [2.75, 3.05) is 13.1 Å². The average molecular weight is 246 g/mol. The molecule has 1 atom stereocenters. The number of aromatic nitrogens is 1. The summed E-state index contributed by atoms with van der Waals surface area (Å²) in [5.41, 5.74) is 5.04. The van der Waals surface area contributed by atoms with Crippen molar-refractivity contribution in [1.82, 2.24) is 9.88 Å². The normalized spacial score (nSPS) is 17.9. The number of aromatic amines is 1. The minimum atomic E-state index is -0.268. The molecule has 1 aromatic heterocycles. The molecule has 3 nitrogen and oxygen atoms in total. The van der Waals surface area contributed by atoms with E-state index in [0.717, 1.165) is 31.7 Å². The highest BCUT2D eigenvalue weighted by atomic mass is 16.3. The van der Waals surface area contributed by atoms with Crippen LogP contribution in [0.5, 0.6) is 0 Å². The number of aliphatic hydroxyl groups is 1. The quantitative estimate of drug-likeness (QED) is 0.856. The Hall–Kier alpha value is -1.32. The van der Waals surface area contributed by atoms with Crippen LogP contribution in [0.1, 0.15) is 36.4 Å². The maximum atomic E-state index is 9.46. The lowest BCUT2D eigenvalue weighted by molar-refractivity contribution is 0.118. The lowest BCUT2D eigenvalue weighted by Crippen LogP contribution is -2.35. The predicted molar refractivity (Wildman–Crippen MR) is 76.3 cm³/mol. The van der Waals surface area contributed by atoms with E-state index >= 15 is 0 Å². The Labute approximate surface area is 109 Å². The topological polar surface area (TPSA) is 39.3 Å². The fourth-order valence-corrected chi connectivity index (χ4v) is 2.68. The maximum Gasteiger partial charge on any atom is 0.0639 e. The highest BCUT2D eigenvalue weighted by molar-refractivity contribution is 5.67. The van der Waals surface area contributed by atoms with Gasteiger partial charge in [-0.05, 0) is 31.9 Å². The molecule has 2 N–H and O–H groups in total. The number of H-pyrrole nitrogens is 1. The molecule has 1 aliphatic heterocycles. The molecule has 0 radical (unpaired) electrons. The molecular formula is C15H22N2O. The van der Waals surface area contributed by atoms with Crippen LogP contribution < -0.4 is 0 Å². The molecular weight excluding hydrogens is 224 g/mol. The summed E-state index contributed by atoms with van der Waals surface area (Å²) >= 11 is 0. The van der Waals surface area contributed by atoms with E-state index in [9.17, 15) is 5.11 Å². The van der Waals surface area contributed by atoms with Crippen molar-refractivity contribution in [1.29, 1.82) is 0 Å². The number of β-amino-alcohol motifs (C(OH)–C–C–N with tert-alkyl or cyclic N) is 1. The summed E-state index contributed by atoms with van der Waals surface area (Å²) in [4.78, 5) is 5.76. The van der Waals surface area contributed by atoms with Gasteiger partial charge in [0, 0.05) is 36.6 Å². The maximum absolute atomic E-state index is 9.46. The monoisotopic (exact) mass is 246 g/mol. The van der Waals surface area contributed by atoms with E-state index in [2.05, 4.69) is 22.5 Å². The standard InChI is InChI=1S/C15H22N2O/c1-4-6-14-12(5-2)13-7-8-17(9-11(3)18)10-15(13)16-14/h4-6,11,16,18H,2,7-10H2,1,3H3/b6-4-. The molecule has 3 heteroatoms. The van der Waals surface area contributed by atoms with E-state index < -0.39 is 0 Å². The molecule has 2 rings (SSSR count). The summed E-state index contributed by atoms with van der Waals surface area (Å²) < 4.78 is 0. The number of hydrogen-bond acceptors (Lipinski definition) is 2. The third-order valence-corrected chi connectivity index (χ3v) is 3.38. The van der Waals surface area contributed by atoms with Crippen LogP contribution >= 0.6 is 0 Å². The van der Waals surface area contributed by atoms with Crippen LogP contribution in [-0.2, 0) is 13.0 Å². The van der Waals surface area contributed by atoms with E-state index in [4.69, 9.17) is 0 Å².